The van der Waals surface area contributed by atoms with Gasteiger partial charge in [0.1, 0.15) is 5.52 Å². The Morgan fingerprint density at radius 2 is 2.07 bits per heavy atom. The molecule has 0 saturated heterocycles. The van der Waals surface area contributed by atoms with Gasteiger partial charge < -0.3 is 9.84 Å². The smallest absolute Gasteiger partial charge is 0.178 e. The molecule has 140 valence electrons. The molecule has 0 aliphatic carbocycles. The molecule has 0 aliphatic heterocycles. The van der Waals surface area contributed by atoms with Crippen LogP contribution >= 0.6 is 0 Å². The van der Waals surface area contributed by atoms with Crippen LogP contribution in [0.3, 0.4) is 0 Å². The summed E-state index contributed by atoms with van der Waals surface area (Å²) in [5, 5.41) is 16.0. The third kappa shape index (κ3) is 3.52. The summed E-state index contributed by atoms with van der Waals surface area (Å²) in [4.78, 5) is 4.37. The van der Waals surface area contributed by atoms with Crippen molar-refractivity contribution in [2.45, 2.75) is 40.5 Å². The first-order valence-corrected chi connectivity index (χ1v) is 9.36. The van der Waals surface area contributed by atoms with E-state index in [-0.39, 0.29) is 0 Å². The van der Waals surface area contributed by atoms with Gasteiger partial charge in [-0.2, -0.15) is 5.10 Å². The second-order valence-electron chi connectivity index (χ2n) is 8.24. The average molecular weight is 363 g/mol. The van der Waals surface area contributed by atoms with Crippen LogP contribution in [0.25, 0.3) is 22.0 Å². The largest absolute Gasteiger partial charge is 0.356 e. The lowest BCUT2D eigenvalue weighted by atomic mass is 9.79. The zero-order valence-electron chi connectivity index (χ0n) is 16.2. The first-order chi connectivity index (χ1) is 12.9. The molecule has 0 aliphatic rings. The molecule has 6 heteroatoms. The van der Waals surface area contributed by atoms with Crippen molar-refractivity contribution in [3.05, 3.63) is 42.2 Å². The molecule has 1 aromatic carbocycles. The van der Waals surface area contributed by atoms with E-state index >= 15 is 0 Å². The van der Waals surface area contributed by atoms with Crippen molar-refractivity contribution >= 4 is 33.5 Å². The predicted octanol–water partition coefficient (Wildman–Crippen LogP) is 5.46. The summed E-state index contributed by atoms with van der Waals surface area (Å²) in [7, 11) is 0. The lowest BCUT2D eigenvalue weighted by molar-refractivity contribution is 0.246. The lowest BCUT2D eigenvalue weighted by Gasteiger charge is -2.26. The highest BCUT2D eigenvalue weighted by Gasteiger charge is 2.20. The Balaban J connectivity index is 1.53. The second kappa shape index (κ2) is 6.68. The maximum absolute atomic E-state index is 5.58. The normalized spacial score (nSPS) is 13.3. The molecule has 6 nitrogen and oxygen atoms in total. The Labute approximate surface area is 158 Å². The molecule has 0 spiro atoms. The fraction of sp³-hybridized carbons (Fsp3) is 0.381. The predicted molar refractivity (Wildman–Crippen MR) is 108 cm³/mol. The van der Waals surface area contributed by atoms with Gasteiger partial charge in [-0.3, -0.25) is 10.1 Å². The van der Waals surface area contributed by atoms with Crippen LogP contribution in [0.4, 0.5) is 11.5 Å². The summed E-state index contributed by atoms with van der Waals surface area (Å²) in [6, 6.07) is 9.88. The first-order valence-electron chi connectivity index (χ1n) is 9.36. The molecule has 3 heterocycles. The zero-order valence-corrected chi connectivity index (χ0v) is 16.2. The number of hydrogen-bond acceptors (Lipinski definition) is 5. The summed E-state index contributed by atoms with van der Waals surface area (Å²) in [5.74, 6) is 1.31. The Hall–Kier alpha value is -2.89. The maximum Gasteiger partial charge on any atom is 0.178 e. The fourth-order valence-corrected chi connectivity index (χ4v) is 3.11. The van der Waals surface area contributed by atoms with Crippen LogP contribution in [0, 0.1) is 11.3 Å². The number of fused-ring (bicyclic) bond motifs is 2. The lowest BCUT2D eigenvalue weighted by Crippen LogP contribution is -2.17. The molecule has 0 bridgehead atoms. The number of aryl methyl sites for hydroxylation is 1. The Bertz CT molecular complexity index is 1070. The number of H-pyrrole nitrogens is 1. The Morgan fingerprint density at radius 3 is 2.89 bits per heavy atom. The van der Waals surface area contributed by atoms with E-state index in [1.165, 1.54) is 0 Å². The summed E-state index contributed by atoms with van der Waals surface area (Å²) in [5.41, 5.74) is 4.72. The zero-order chi connectivity index (χ0) is 19.0. The maximum atomic E-state index is 5.58. The SMILES string of the molecule is C[C@@H](CCc1noc2cc(Nc3n[nH]c4cccnc34)ccc12)C(C)(C)C. The van der Waals surface area contributed by atoms with Crippen molar-refractivity contribution in [2.75, 3.05) is 5.32 Å². The van der Waals surface area contributed by atoms with E-state index < -0.39 is 0 Å². The number of nitrogens with zero attached hydrogens (tertiary/aromatic N) is 3. The van der Waals surface area contributed by atoms with Crippen molar-refractivity contribution in [3.63, 3.8) is 0 Å². The van der Waals surface area contributed by atoms with Gasteiger partial charge >= 0.3 is 0 Å². The molecule has 3 aromatic heterocycles. The highest BCUT2D eigenvalue weighted by Crippen LogP contribution is 2.31. The van der Waals surface area contributed by atoms with Crippen molar-refractivity contribution in [3.8, 4) is 0 Å². The number of hydrogen-bond donors (Lipinski definition) is 2. The van der Waals surface area contributed by atoms with Crippen LogP contribution in [0.2, 0.25) is 0 Å². The molecule has 0 saturated carbocycles. The number of anilines is 2. The van der Waals surface area contributed by atoms with Crippen LogP contribution in [-0.2, 0) is 6.42 Å². The van der Waals surface area contributed by atoms with E-state index in [0.29, 0.717) is 17.2 Å². The molecule has 4 aromatic rings. The molecular formula is C21H25N5O. The summed E-state index contributed by atoms with van der Waals surface area (Å²) in [6.07, 6.45) is 3.77. The van der Waals surface area contributed by atoms with Crippen molar-refractivity contribution < 1.29 is 4.52 Å². The van der Waals surface area contributed by atoms with Gasteiger partial charge in [0.2, 0.25) is 0 Å². The van der Waals surface area contributed by atoms with Gasteiger partial charge in [-0.15, -0.1) is 0 Å². The minimum Gasteiger partial charge on any atom is -0.356 e. The summed E-state index contributed by atoms with van der Waals surface area (Å²) in [6.45, 7) is 9.14. The Morgan fingerprint density at radius 1 is 1.22 bits per heavy atom. The fourth-order valence-electron chi connectivity index (χ4n) is 3.11. The number of rotatable bonds is 5. The van der Waals surface area contributed by atoms with Crippen LogP contribution in [0.15, 0.2) is 41.1 Å². The number of benzene rings is 1. The quantitative estimate of drug-likeness (QED) is 0.492. The minimum absolute atomic E-state index is 0.303. The van der Waals surface area contributed by atoms with Crippen molar-refractivity contribution in [2.24, 2.45) is 11.3 Å². The molecular weight excluding hydrogens is 338 g/mol. The highest BCUT2D eigenvalue weighted by atomic mass is 16.5. The molecule has 0 unspecified atom stereocenters. The van der Waals surface area contributed by atoms with Crippen LogP contribution in [0.1, 0.15) is 39.8 Å². The standard InChI is InChI=1S/C21H25N5O/c1-13(21(2,3)4)7-10-16-15-9-8-14(12-18(15)27-26-16)23-20-19-17(24-25-20)6-5-11-22-19/h5-6,8-9,11-13H,7,10H2,1-4H3,(H2,23,24,25)/t13-/m0/s1. The van der Waals surface area contributed by atoms with Gasteiger partial charge in [-0.05, 0) is 48.4 Å². The van der Waals surface area contributed by atoms with E-state index in [0.717, 1.165) is 46.2 Å². The molecule has 2 N–H and O–H groups in total. The molecule has 1 atom stereocenters. The van der Waals surface area contributed by atoms with Crippen molar-refractivity contribution in [1.29, 1.82) is 0 Å². The first kappa shape index (κ1) is 17.5. The van der Waals surface area contributed by atoms with Gasteiger partial charge in [0.05, 0.1) is 11.2 Å². The molecule has 27 heavy (non-hydrogen) atoms. The molecule has 0 amide bonds. The van der Waals surface area contributed by atoms with Gasteiger partial charge in [-0.1, -0.05) is 32.9 Å². The van der Waals surface area contributed by atoms with Crippen LogP contribution in [0.5, 0.6) is 0 Å². The monoisotopic (exact) mass is 363 g/mol. The van der Waals surface area contributed by atoms with Crippen LogP contribution in [-0.4, -0.2) is 20.3 Å². The number of pyridine rings is 1. The minimum atomic E-state index is 0.303. The average Bonchev–Trinajstić information content (AvgIpc) is 3.23. The van der Waals surface area contributed by atoms with E-state index in [1.54, 1.807) is 6.20 Å². The van der Waals surface area contributed by atoms with E-state index in [2.05, 4.69) is 59.4 Å². The van der Waals surface area contributed by atoms with Gasteiger partial charge in [0.15, 0.2) is 11.4 Å². The molecule has 4 rings (SSSR count). The summed E-state index contributed by atoms with van der Waals surface area (Å²) >= 11 is 0. The molecule has 0 radical (unpaired) electrons. The Kier molecular flexibility index (Phi) is 4.34. The van der Waals surface area contributed by atoms with Gasteiger partial charge in [-0.25, -0.2) is 0 Å². The third-order valence-corrected chi connectivity index (χ3v) is 5.42. The second-order valence-corrected chi connectivity index (χ2v) is 8.24. The number of nitrogens with one attached hydrogen (secondary N) is 2. The van der Waals surface area contributed by atoms with Crippen LogP contribution < -0.4 is 5.32 Å². The highest BCUT2D eigenvalue weighted by molar-refractivity contribution is 5.89. The van der Waals surface area contributed by atoms with Gasteiger partial charge in [0.25, 0.3) is 0 Å². The van der Waals surface area contributed by atoms with E-state index in [4.69, 9.17) is 4.52 Å². The summed E-state index contributed by atoms with van der Waals surface area (Å²) < 4.78 is 5.58. The van der Waals surface area contributed by atoms with E-state index in [9.17, 15) is 0 Å². The number of aromatic nitrogens is 4. The van der Waals surface area contributed by atoms with E-state index in [1.807, 2.05) is 24.3 Å². The topological polar surface area (TPSA) is 79.6 Å². The third-order valence-electron chi connectivity index (χ3n) is 5.42. The van der Waals surface area contributed by atoms with Crippen molar-refractivity contribution in [1.82, 2.24) is 20.3 Å². The number of aromatic amines is 1. The van der Waals surface area contributed by atoms with Gasteiger partial charge in [0, 0.05) is 23.3 Å². The molecule has 0 fully saturated rings.